The summed E-state index contributed by atoms with van der Waals surface area (Å²) >= 11 is 7.51. The molecule has 4 rings (SSSR count). The van der Waals surface area contributed by atoms with Crippen molar-refractivity contribution in [1.29, 1.82) is 0 Å². The maximum absolute atomic E-state index is 12.9. The van der Waals surface area contributed by atoms with Crippen molar-refractivity contribution in [2.24, 2.45) is 4.99 Å². The number of carbonyl (C=O) groups is 1. The van der Waals surface area contributed by atoms with E-state index in [2.05, 4.69) is 9.71 Å². The molecule has 1 aromatic heterocycles. The van der Waals surface area contributed by atoms with Gasteiger partial charge in [-0.2, -0.15) is 4.99 Å². The van der Waals surface area contributed by atoms with Crippen molar-refractivity contribution in [3.63, 3.8) is 0 Å². The number of nitrogens with zero attached hydrogens (tertiary/aromatic N) is 2. The van der Waals surface area contributed by atoms with Crippen LogP contribution < -0.4 is 14.3 Å². The molecule has 1 amide bonds. The first-order chi connectivity index (χ1) is 17.3. The van der Waals surface area contributed by atoms with Crippen LogP contribution in [0.25, 0.3) is 10.2 Å². The summed E-state index contributed by atoms with van der Waals surface area (Å²) in [6.45, 7) is 3.53. The molecular weight excluding hydrogens is 522 g/mol. The summed E-state index contributed by atoms with van der Waals surface area (Å²) in [5, 5.41) is 0.603. The topological polar surface area (TPSA) is 99.0 Å². The van der Waals surface area contributed by atoms with Crippen LogP contribution in [0.3, 0.4) is 0 Å². The highest BCUT2D eigenvalue weighted by atomic mass is 35.5. The molecule has 0 radical (unpaired) electrons. The van der Waals surface area contributed by atoms with Gasteiger partial charge in [0, 0.05) is 29.4 Å². The van der Waals surface area contributed by atoms with Crippen molar-refractivity contribution in [1.82, 2.24) is 4.57 Å². The van der Waals surface area contributed by atoms with Gasteiger partial charge in [-0.05, 0) is 73.7 Å². The Morgan fingerprint density at radius 1 is 1.08 bits per heavy atom. The Morgan fingerprint density at radius 3 is 2.47 bits per heavy atom. The zero-order chi connectivity index (χ0) is 25.7. The van der Waals surface area contributed by atoms with Crippen molar-refractivity contribution < 1.29 is 22.7 Å². The summed E-state index contributed by atoms with van der Waals surface area (Å²) < 4.78 is 41.2. The van der Waals surface area contributed by atoms with Gasteiger partial charge in [0.25, 0.3) is 15.9 Å². The third kappa shape index (κ3) is 5.96. The van der Waals surface area contributed by atoms with Gasteiger partial charge in [-0.1, -0.05) is 22.9 Å². The lowest BCUT2D eigenvalue weighted by atomic mass is 10.2. The molecule has 0 aliphatic rings. The fourth-order valence-electron chi connectivity index (χ4n) is 3.45. The summed E-state index contributed by atoms with van der Waals surface area (Å²) in [7, 11) is -2.29. The van der Waals surface area contributed by atoms with Crippen LogP contribution in [0.15, 0.2) is 76.6 Å². The SMILES string of the molecule is CCOCCn1c(=NC(=O)c2ccc(NS(=O)(=O)c3ccc(OC)cc3)cc2)sc2cc(Cl)ccc21. The Bertz CT molecular complexity index is 1540. The van der Waals surface area contributed by atoms with Gasteiger partial charge in [0.2, 0.25) is 0 Å². The summed E-state index contributed by atoms with van der Waals surface area (Å²) in [6.07, 6.45) is 0. The molecule has 36 heavy (non-hydrogen) atoms. The summed E-state index contributed by atoms with van der Waals surface area (Å²) in [5.74, 6) is 0.115. The average molecular weight is 546 g/mol. The smallest absolute Gasteiger partial charge is 0.279 e. The molecular formula is C25H24ClN3O5S2. The zero-order valence-corrected chi connectivity index (χ0v) is 22.0. The van der Waals surface area contributed by atoms with Crippen molar-refractivity contribution in [2.75, 3.05) is 25.0 Å². The summed E-state index contributed by atoms with van der Waals surface area (Å²) in [6, 6.07) is 17.7. The number of thiazole rings is 1. The van der Waals surface area contributed by atoms with Crippen LogP contribution in [0.1, 0.15) is 17.3 Å². The Hall–Kier alpha value is -3.18. The summed E-state index contributed by atoms with van der Waals surface area (Å²) in [5.41, 5.74) is 1.57. The third-order valence-electron chi connectivity index (χ3n) is 5.26. The van der Waals surface area contributed by atoms with Crippen molar-refractivity contribution >= 4 is 54.8 Å². The molecule has 8 nitrogen and oxygen atoms in total. The number of anilines is 1. The van der Waals surface area contributed by atoms with Crippen molar-refractivity contribution in [3.05, 3.63) is 82.1 Å². The highest BCUT2D eigenvalue weighted by Gasteiger charge is 2.15. The molecule has 0 unspecified atom stereocenters. The number of sulfonamides is 1. The second-order valence-electron chi connectivity index (χ2n) is 7.62. The van der Waals surface area contributed by atoms with Gasteiger partial charge in [0.15, 0.2) is 4.80 Å². The summed E-state index contributed by atoms with van der Waals surface area (Å²) in [4.78, 5) is 17.9. The van der Waals surface area contributed by atoms with Gasteiger partial charge in [-0.3, -0.25) is 9.52 Å². The number of rotatable bonds is 9. The lowest BCUT2D eigenvalue weighted by Crippen LogP contribution is -2.19. The molecule has 0 spiro atoms. The predicted molar refractivity (Wildman–Crippen MR) is 141 cm³/mol. The highest BCUT2D eigenvalue weighted by molar-refractivity contribution is 7.92. The maximum atomic E-state index is 12.9. The van der Waals surface area contributed by atoms with E-state index in [1.165, 1.54) is 54.8 Å². The minimum atomic E-state index is -3.79. The van der Waals surface area contributed by atoms with E-state index in [9.17, 15) is 13.2 Å². The predicted octanol–water partition coefficient (Wildman–Crippen LogP) is 4.94. The number of nitrogens with one attached hydrogen (secondary N) is 1. The Kier molecular flexibility index (Phi) is 8.10. The van der Waals surface area contributed by atoms with E-state index < -0.39 is 15.9 Å². The first-order valence-corrected chi connectivity index (χ1v) is 13.7. The number of fused-ring (bicyclic) bond motifs is 1. The molecule has 1 heterocycles. The van der Waals surface area contributed by atoms with Gasteiger partial charge in [0.05, 0.1) is 28.8 Å². The molecule has 4 aromatic rings. The Morgan fingerprint density at radius 2 is 1.81 bits per heavy atom. The van der Waals surface area contributed by atoms with Crippen LogP contribution in [-0.4, -0.2) is 39.2 Å². The first kappa shape index (κ1) is 25.9. The standard InChI is InChI=1S/C25H24ClN3O5S2/c1-3-34-15-14-29-22-13-6-18(26)16-23(22)35-25(29)27-24(30)17-4-7-19(8-5-17)28-36(31,32)21-11-9-20(33-2)10-12-21/h4-13,16,28H,3,14-15H2,1-2H3. The zero-order valence-electron chi connectivity index (χ0n) is 19.6. The number of carbonyl (C=O) groups excluding carboxylic acids is 1. The number of amides is 1. The quantitative estimate of drug-likeness (QED) is 0.300. The molecule has 0 aliphatic heterocycles. The fraction of sp³-hybridized carbons (Fsp3) is 0.200. The number of hydrogen-bond donors (Lipinski definition) is 1. The van der Waals surface area contributed by atoms with Crippen LogP contribution >= 0.6 is 22.9 Å². The second-order valence-corrected chi connectivity index (χ2v) is 10.7. The molecule has 0 saturated heterocycles. The van der Waals surface area contributed by atoms with E-state index in [1.807, 2.05) is 23.6 Å². The molecule has 0 saturated carbocycles. The average Bonchev–Trinajstić information content (AvgIpc) is 3.20. The van der Waals surface area contributed by atoms with Gasteiger partial charge in [0.1, 0.15) is 5.75 Å². The monoisotopic (exact) mass is 545 g/mol. The largest absolute Gasteiger partial charge is 0.497 e. The van der Waals surface area contributed by atoms with E-state index in [1.54, 1.807) is 18.2 Å². The van der Waals surface area contributed by atoms with Gasteiger partial charge in [-0.25, -0.2) is 8.42 Å². The normalized spacial score (nSPS) is 12.1. The number of methoxy groups -OCH3 is 1. The molecule has 11 heteroatoms. The number of aromatic nitrogens is 1. The fourth-order valence-corrected chi connectivity index (χ4v) is 5.84. The third-order valence-corrected chi connectivity index (χ3v) is 7.93. The molecule has 1 N–H and O–H groups in total. The number of halogens is 1. The van der Waals surface area contributed by atoms with Gasteiger partial charge in [-0.15, -0.1) is 0 Å². The lowest BCUT2D eigenvalue weighted by Gasteiger charge is -2.09. The molecule has 0 fully saturated rings. The number of benzene rings is 3. The van der Waals surface area contributed by atoms with Crippen molar-refractivity contribution in [3.8, 4) is 5.75 Å². The van der Waals surface area contributed by atoms with Crippen LogP contribution in [0, 0.1) is 0 Å². The molecule has 0 atom stereocenters. The van der Waals surface area contributed by atoms with Crippen LogP contribution in [0.2, 0.25) is 5.02 Å². The second kappa shape index (κ2) is 11.3. The van der Waals surface area contributed by atoms with E-state index in [4.69, 9.17) is 21.1 Å². The van der Waals surface area contributed by atoms with E-state index >= 15 is 0 Å². The minimum absolute atomic E-state index is 0.0972. The highest BCUT2D eigenvalue weighted by Crippen LogP contribution is 2.23. The van der Waals surface area contributed by atoms with Gasteiger partial charge >= 0.3 is 0 Å². The number of hydrogen-bond acceptors (Lipinski definition) is 6. The minimum Gasteiger partial charge on any atom is -0.497 e. The van der Waals surface area contributed by atoms with E-state index in [0.717, 1.165) is 10.2 Å². The molecule has 188 valence electrons. The first-order valence-electron chi connectivity index (χ1n) is 11.0. The van der Waals surface area contributed by atoms with Crippen LogP contribution in [0.4, 0.5) is 5.69 Å². The van der Waals surface area contributed by atoms with Crippen LogP contribution in [0.5, 0.6) is 5.75 Å². The Labute approximate surface area is 217 Å². The number of ether oxygens (including phenoxy) is 2. The van der Waals surface area contributed by atoms with E-state index in [0.29, 0.717) is 46.6 Å². The molecule has 3 aromatic carbocycles. The van der Waals surface area contributed by atoms with Gasteiger partial charge < -0.3 is 14.0 Å². The van der Waals surface area contributed by atoms with E-state index in [-0.39, 0.29) is 4.90 Å². The molecule has 0 aliphatic carbocycles. The maximum Gasteiger partial charge on any atom is 0.279 e. The van der Waals surface area contributed by atoms with Crippen LogP contribution in [-0.2, 0) is 21.3 Å². The van der Waals surface area contributed by atoms with Crippen molar-refractivity contribution in [2.45, 2.75) is 18.4 Å². The Balaban J connectivity index is 1.57. The molecule has 0 bridgehead atoms. The lowest BCUT2D eigenvalue weighted by molar-refractivity contribution is 0.0996.